The van der Waals surface area contributed by atoms with Crippen LogP contribution in [0.15, 0.2) is 35.2 Å². The highest BCUT2D eigenvalue weighted by atomic mass is 32.2. The Hall–Kier alpha value is -0.510. The predicted molar refractivity (Wildman–Crippen MR) is 82.1 cm³/mol. The average Bonchev–Trinajstić information content (AvgIpc) is 2.42. The van der Waals surface area contributed by atoms with Crippen molar-refractivity contribution in [1.29, 1.82) is 0 Å². The summed E-state index contributed by atoms with van der Waals surface area (Å²) < 4.78 is 0. The summed E-state index contributed by atoms with van der Waals surface area (Å²) in [6.07, 6.45) is 2.27. The molecule has 0 spiro atoms. The van der Waals surface area contributed by atoms with Gasteiger partial charge in [-0.05, 0) is 45.5 Å². The smallest absolute Gasteiger partial charge is 0.0146 e. The molecule has 2 atom stereocenters. The molecule has 0 aliphatic carbocycles. The van der Waals surface area contributed by atoms with Gasteiger partial charge < -0.3 is 10.6 Å². The number of nitrogens with zero attached hydrogens (tertiary/aromatic N) is 1. The van der Waals surface area contributed by atoms with E-state index in [2.05, 4.69) is 50.1 Å². The minimum Gasteiger partial charge on any atom is -0.327 e. The molecule has 2 nitrogen and oxygen atoms in total. The van der Waals surface area contributed by atoms with Crippen LogP contribution in [0, 0.1) is 0 Å². The molecule has 0 heterocycles. The molecule has 1 rings (SSSR count). The van der Waals surface area contributed by atoms with Gasteiger partial charge in [0, 0.05) is 22.7 Å². The van der Waals surface area contributed by atoms with Crippen LogP contribution in [0.4, 0.5) is 0 Å². The molecule has 0 bridgehead atoms. The molecule has 0 amide bonds. The van der Waals surface area contributed by atoms with Gasteiger partial charge in [0.05, 0.1) is 0 Å². The van der Waals surface area contributed by atoms with Gasteiger partial charge in [-0.1, -0.05) is 25.1 Å². The molecule has 0 saturated heterocycles. The number of nitrogens with two attached hydrogens (primary N) is 1. The van der Waals surface area contributed by atoms with E-state index in [1.807, 2.05) is 17.8 Å². The molecule has 1 unspecified atom stereocenters. The number of thioether (sulfide) groups is 1. The van der Waals surface area contributed by atoms with Crippen LogP contribution in [0.2, 0.25) is 0 Å². The normalized spacial score (nSPS) is 14.7. The fourth-order valence-corrected chi connectivity index (χ4v) is 2.63. The van der Waals surface area contributed by atoms with Gasteiger partial charge in [-0.25, -0.2) is 0 Å². The molecule has 0 aliphatic heterocycles. The highest BCUT2D eigenvalue weighted by Crippen LogP contribution is 2.18. The van der Waals surface area contributed by atoms with Crippen LogP contribution >= 0.6 is 11.8 Å². The van der Waals surface area contributed by atoms with Gasteiger partial charge in [0.2, 0.25) is 0 Å². The van der Waals surface area contributed by atoms with Crippen LogP contribution in [-0.2, 0) is 0 Å². The third-order valence-corrected chi connectivity index (χ3v) is 4.60. The number of hydrogen-bond acceptors (Lipinski definition) is 3. The zero-order valence-corrected chi connectivity index (χ0v) is 12.6. The Morgan fingerprint density at radius 1 is 1.28 bits per heavy atom. The molecule has 1 aromatic carbocycles. The Kier molecular flexibility index (Phi) is 7.40. The molecule has 1 aromatic rings. The molecule has 0 aliphatic rings. The van der Waals surface area contributed by atoms with Crippen LogP contribution in [0.5, 0.6) is 0 Å². The summed E-state index contributed by atoms with van der Waals surface area (Å²) in [5.74, 6) is 0.998. The summed E-state index contributed by atoms with van der Waals surface area (Å²) in [5.41, 5.74) is 6.16. The van der Waals surface area contributed by atoms with E-state index in [-0.39, 0.29) is 6.04 Å². The Balaban J connectivity index is 2.20. The van der Waals surface area contributed by atoms with Crippen molar-refractivity contribution >= 4 is 11.8 Å². The summed E-state index contributed by atoms with van der Waals surface area (Å²) >= 11 is 1.85. The highest BCUT2D eigenvalue weighted by molar-refractivity contribution is 7.99. The minimum absolute atomic E-state index is 0.279. The fraction of sp³-hybridized carbons (Fsp3) is 0.600. The van der Waals surface area contributed by atoms with E-state index < -0.39 is 0 Å². The Morgan fingerprint density at radius 2 is 1.94 bits per heavy atom. The lowest BCUT2D eigenvalue weighted by atomic mass is 10.2. The van der Waals surface area contributed by atoms with E-state index in [1.54, 1.807) is 0 Å². The molecule has 0 aromatic heterocycles. The second kappa shape index (κ2) is 8.57. The van der Waals surface area contributed by atoms with E-state index in [0.717, 1.165) is 18.7 Å². The molecular weight excluding hydrogens is 240 g/mol. The third-order valence-electron chi connectivity index (χ3n) is 3.40. The van der Waals surface area contributed by atoms with Crippen molar-refractivity contribution in [2.45, 2.75) is 43.7 Å². The van der Waals surface area contributed by atoms with E-state index in [1.165, 1.54) is 11.3 Å². The third kappa shape index (κ3) is 5.89. The molecule has 2 N–H and O–H groups in total. The van der Waals surface area contributed by atoms with Crippen LogP contribution in [0.1, 0.15) is 26.7 Å². The predicted octanol–water partition coefficient (Wildman–Crippen LogP) is 3.23. The van der Waals surface area contributed by atoms with Gasteiger partial charge in [0.25, 0.3) is 0 Å². The van der Waals surface area contributed by atoms with Crippen molar-refractivity contribution in [3.05, 3.63) is 30.3 Å². The first-order chi connectivity index (χ1) is 8.63. The molecule has 3 heteroatoms. The Morgan fingerprint density at radius 3 is 2.56 bits per heavy atom. The van der Waals surface area contributed by atoms with Gasteiger partial charge in [0.15, 0.2) is 0 Å². The number of hydrogen-bond donors (Lipinski definition) is 1. The first-order valence-corrected chi connectivity index (χ1v) is 7.75. The molecule has 0 saturated carbocycles. The summed E-state index contributed by atoms with van der Waals surface area (Å²) in [5, 5.41) is 0. The lowest BCUT2D eigenvalue weighted by Gasteiger charge is -2.24. The maximum atomic E-state index is 6.16. The minimum atomic E-state index is 0.279. The van der Waals surface area contributed by atoms with Crippen molar-refractivity contribution in [2.75, 3.05) is 19.3 Å². The molecule has 0 fully saturated rings. The second-order valence-electron chi connectivity index (χ2n) is 4.91. The van der Waals surface area contributed by atoms with Crippen molar-refractivity contribution < 1.29 is 0 Å². The standard InChI is InChI=1S/C15H26N2S/c1-4-13(2)17(3)11-10-14(16)12-18-15-8-6-5-7-9-15/h5-9,13-14H,4,10-12,16H2,1-3H3/t13?,14-/m1/s1. The van der Waals surface area contributed by atoms with Crippen molar-refractivity contribution in [2.24, 2.45) is 5.73 Å². The van der Waals surface area contributed by atoms with Gasteiger partial charge >= 0.3 is 0 Å². The maximum absolute atomic E-state index is 6.16. The fourth-order valence-electron chi connectivity index (χ4n) is 1.70. The van der Waals surface area contributed by atoms with E-state index in [4.69, 9.17) is 5.73 Å². The van der Waals surface area contributed by atoms with E-state index in [9.17, 15) is 0 Å². The molecular formula is C15H26N2S. The van der Waals surface area contributed by atoms with Gasteiger partial charge in [-0.2, -0.15) is 0 Å². The zero-order chi connectivity index (χ0) is 13.4. The van der Waals surface area contributed by atoms with Crippen molar-refractivity contribution in [3.8, 4) is 0 Å². The second-order valence-corrected chi connectivity index (χ2v) is 6.00. The van der Waals surface area contributed by atoms with Gasteiger partial charge in [0.1, 0.15) is 0 Å². The van der Waals surface area contributed by atoms with E-state index >= 15 is 0 Å². The molecule has 102 valence electrons. The first-order valence-electron chi connectivity index (χ1n) is 6.77. The number of benzene rings is 1. The molecule has 18 heavy (non-hydrogen) atoms. The summed E-state index contributed by atoms with van der Waals surface area (Å²) in [6, 6.07) is 11.4. The number of rotatable bonds is 8. The summed E-state index contributed by atoms with van der Waals surface area (Å²) in [4.78, 5) is 3.70. The largest absolute Gasteiger partial charge is 0.327 e. The highest BCUT2D eigenvalue weighted by Gasteiger charge is 2.09. The van der Waals surface area contributed by atoms with Crippen LogP contribution in [-0.4, -0.2) is 36.3 Å². The molecule has 0 radical (unpaired) electrons. The summed E-state index contributed by atoms with van der Waals surface area (Å²) in [7, 11) is 2.19. The lowest BCUT2D eigenvalue weighted by molar-refractivity contribution is 0.244. The van der Waals surface area contributed by atoms with Crippen molar-refractivity contribution in [3.63, 3.8) is 0 Å². The van der Waals surface area contributed by atoms with Crippen LogP contribution in [0.3, 0.4) is 0 Å². The van der Waals surface area contributed by atoms with Crippen molar-refractivity contribution in [1.82, 2.24) is 4.90 Å². The summed E-state index contributed by atoms with van der Waals surface area (Å²) in [6.45, 7) is 5.59. The quantitative estimate of drug-likeness (QED) is 0.733. The topological polar surface area (TPSA) is 29.3 Å². The van der Waals surface area contributed by atoms with E-state index in [0.29, 0.717) is 6.04 Å². The monoisotopic (exact) mass is 266 g/mol. The average molecular weight is 266 g/mol. The van der Waals surface area contributed by atoms with Gasteiger partial charge in [-0.15, -0.1) is 11.8 Å². The van der Waals surface area contributed by atoms with Gasteiger partial charge in [-0.3, -0.25) is 0 Å². The first kappa shape index (κ1) is 15.5. The maximum Gasteiger partial charge on any atom is 0.0146 e. The Labute approximate surface area is 116 Å². The Bertz CT molecular complexity index is 316. The zero-order valence-electron chi connectivity index (χ0n) is 11.8. The van der Waals surface area contributed by atoms with Crippen LogP contribution < -0.4 is 5.73 Å². The lowest BCUT2D eigenvalue weighted by Crippen LogP contribution is -2.34. The van der Waals surface area contributed by atoms with Crippen LogP contribution in [0.25, 0.3) is 0 Å². The SMILES string of the molecule is CCC(C)N(C)CC[C@@H](N)CSc1ccccc1.